The number of ether oxygens (including phenoxy) is 2. The Kier molecular flexibility index (Phi) is 9.37. The van der Waals surface area contributed by atoms with Gasteiger partial charge in [-0.15, -0.1) is 0 Å². The minimum Gasteiger partial charge on any atom is -0.496 e. The van der Waals surface area contributed by atoms with E-state index in [1.807, 2.05) is 57.2 Å². The fourth-order valence-corrected chi connectivity index (χ4v) is 5.88. The summed E-state index contributed by atoms with van der Waals surface area (Å²) in [6, 6.07) is 11.3. The van der Waals surface area contributed by atoms with E-state index in [0.29, 0.717) is 17.3 Å². The highest BCUT2D eigenvalue weighted by Gasteiger charge is 2.59. The Balaban J connectivity index is 2.23. The van der Waals surface area contributed by atoms with Gasteiger partial charge in [-0.05, 0) is 54.5 Å². The van der Waals surface area contributed by atoms with Crippen LogP contribution in [0, 0.1) is 11.3 Å². The van der Waals surface area contributed by atoms with Crippen LogP contribution in [0.1, 0.15) is 77.1 Å². The monoisotopic (exact) mass is 544 g/mol. The van der Waals surface area contributed by atoms with Crippen LogP contribution < -0.4 is 10.1 Å². The van der Waals surface area contributed by atoms with Gasteiger partial charge in [-0.2, -0.15) is 0 Å². The van der Waals surface area contributed by atoms with Crippen molar-refractivity contribution in [3.05, 3.63) is 64.2 Å². The standard InChI is InChI=1S/C30H41ClN2O5/c1-17(2)21-11-9-10-12-22(21)26-25(32-16-19-15-20(31)13-14-23(19)37-8)24(30(5,6)7)27(28(34)35)33(26)29(36)38-18(3)4/h9-15,17-18,24-27,32H,16H2,1-8H3,(H,34,35)/t24-,25-,26-,27-/m0/s1. The van der Waals surface area contributed by atoms with Crippen LogP contribution in [0.25, 0.3) is 0 Å². The molecule has 3 rings (SSSR count). The molecule has 7 nitrogen and oxygen atoms in total. The summed E-state index contributed by atoms with van der Waals surface area (Å²) in [7, 11) is 1.60. The van der Waals surface area contributed by atoms with Gasteiger partial charge in [-0.25, -0.2) is 9.59 Å². The first-order valence-electron chi connectivity index (χ1n) is 13.1. The zero-order chi connectivity index (χ0) is 28.4. The SMILES string of the molecule is COc1ccc(Cl)cc1CN[C@H]1[C@H](C(C)(C)C)[C@@H](C(=O)O)N(C(=O)OC(C)C)[C@H]1c1ccccc1C(C)C. The van der Waals surface area contributed by atoms with Gasteiger partial charge in [0.15, 0.2) is 0 Å². The molecule has 2 aromatic rings. The van der Waals surface area contributed by atoms with E-state index in [4.69, 9.17) is 21.1 Å². The second kappa shape index (κ2) is 12.0. The Labute approximate surface area is 231 Å². The summed E-state index contributed by atoms with van der Waals surface area (Å²) in [6.45, 7) is 14.2. The van der Waals surface area contributed by atoms with Crippen LogP contribution >= 0.6 is 11.6 Å². The molecule has 1 saturated heterocycles. The average molecular weight is 545 g/mol. The van der Waals surface area contributed by atoms with Crippen LogP contribution in [0.2, 0.25) is 5.02 Å². The minimum absolute atomic E-state index is 0.166. The van der Waals surface area contributed by atoms with Crippen molar-refractivity contribution in [3.8, 4) is 5.75 Å². The predicted octanol–water partition coefficient (Wildman–Crippen LogP) is 6.65. The lowest BCUT2D eigenvalue weighted by Crippen LogP contribution is -2.48. The molecule has 0 bridgehead atoms. The van der Waals surface area contributed by atoms with Crippen molar-refractivity contribution in [2.75, 3.05) is 7.11 Å². The number of aliphatic carboxylic acids is 1. The van der Waals surface area contributed by atoms with E-state index in [0.717, 1.165) is 16.7 Å². The third-order valence-corrected chi connectivity index (χ3v) is 7.41. The van der Waals surface area contributed by atoms with Crippen molar-refractivity contribution in [1.29, 1.82) is 0 Å². The van der Waals surface area contributed by atoms with E-state index in [-0.39, 0.29) is 5.92 Å². The molecule has 1 aliphatic rings. The lowest BCUT2D eigenvalue weighted by Gasteiger charge is -2.35. The second-order valence-electron chi connectivity index (χ2n) is 11.6. The van der Waals surface area contributed by atoms with Gasteiger partial charge in [0.25, 0.3) is 0 Å². The maximum Gasteiger partial charge on any atom is 0.411 e. The van der Waals surface area contributed by atoms with Gasteiger partial charge in [0.2, 0.25) is 0 Å². The molecule has 0 spiro atoms. The number of halogens is 1. The highest BCUT2D eigenvalue weighted by atomic mass is 35.5. The normalized spacial score (nSPS) is 21.7. The molecular weight excluding hydrogens is 504 g/mol. The van der Waals surface area contributed by atoms with Crippen LogP contribution in [0.15, 0.2) is 42.5 Å². The molecule has 8 heteroatoms. The van der Waals surface area contributed by atoms with Crippen molar-refractivity contribution in [2.24, 2.45) is 11.3 Å². The van der Waals surface area contributed by atoms with Crippen molar-refractivity contribution in [3.63, 3.8) is 0 Å². The Bertz CT molecular complexity index is 1140. The number of rotatable bonds is 8. The highest BCUT2D eigenvalue weighted by Crippen LogP contribution is 2.49. The number of methoxy groups -OCH3 is 1. The number of carboxylic acid groups (broad SMARTS) is 1. The Morgan fingerprint density at radius 1 is 1.11 bits per heavy atom. The maximum absolute atomic E-state index is 13.6. The largest absolute Gasteiger partial charge is 0.496 e. The lowest BCUT2D eigenvalue weighted by molar-refractivity contribution is -0.144. The molecule has 208 valence electrons. The highest BCUT2D eigenvalue weighted by molar-refractivity contribution is 6.30. The van der Waals surface area contributed by atoms with Gasteiger partial charge < -0.3 is 19.9 Å². The minimum atomic E-state index is -1.09. The first-order chi connectivity index (χ1) is 17.8. The molecular formula is C30H41ClN2O5. The summed E-state index contributed by atoms with van der Waals surface area (Å²) >= 11 is 6.30. The van der Waals surface area contributed by atoms with Crippen LogP contribution in [-0.2, 0) is 16.1 Å². The number of carboxylic acids is 1. The Morgan fingerprint density at radius 3 is 2.32 bits per heavy atom. The summed E-state index contributed by atoms with van der Waals surface area (Å²) in [5, 5.41) is 14.8. The van der Waals surface area contributed by atoms with Gasteiger partial charge in [0.1, 0.15) is 11.8 Å². The first kappa shape index (κ1) is 29.8. The maximum atomic E-state index is 13.6. The van der Waals surface area contributed by atoms with Crippen LogP contribution in [0.5, 0.6) is 5.75 Å². The van der Waals surface area contributed by atoms with E-state index in [9.17, 15) is 14.7 Å². The molecule has 1 fully saturated rings. The van der Waals surface area contributed by atoms with E-state index in [1.54, 1.807) is 27.0 Å². The van der Waals surface area contributed by atoms with E-state index < -0.39 is 47.6 Å². The van der Waals surface area contributed by atoms with Gasteiger partial charge in [0.05, 0.1) is 19.3 Å². The number of likely N-dealkylation sites (tertiary alicyclic amines) is 1. The van der Waals surface area contributed by atoms with Gasteiger partial charge in [-0.1, -0.05) is 70.5 Å². The number of amides is 1. The number of benzene rings is 2. The third-order valence-electron chi connectivity index (χ3n) is 7.17. The van der Waals surface area contributed by atoms with Gasteiger partial charge >= 0.3 is 12.1 Å². The molecule has 0 saturated carbocycles. The predicted molar refractivity (Wildman–Crippen MR) is 150 cm³/mol. The molecule has 1 amide bonds. The summed E-state index contributed by atoms with van der Waals surface area (Å²) in [5.74, 6) is -0.644. The molecule has 1 heterocycles. The van der Waals surface area contributed by atoms with Crippen molar-refractivity contribution in [1.82, 2.24) is 10.2 Å². The van der Waals surface area contributed by atoms with Crippen LogP contribution in [-0.4, -0.2) is 47.4 Å². The van der Waals surface area contributed by atoms with Gasteiger partial charge in [-0.3, -0.25) is 4.90 Å². The molecule has 0 radical (unpaired) electrons. The summed E-state index contributed by atoms with van der Waals surface area (Å²) in [5.41, 5.74) is 2.36. The Morgan fingerprint density at radius 2 is 1.76 bits per heavy atom. The molecule has 0 aromatic heterocycles. The van der Waals surface area contributed by atoms with E-state index in [2.05, 4.69) is 19.2 Å². The summed E-state index contributed by atoms with van der Waals surface area (Å²) in [6.07, 6.45) is -1.02. The quantitative estimate of drug-likeness (QED) is 0.387. The number of carbonyl (C=O) groups excluding carboxylic acids is 1. The number of nitrogens with one attached hydrogen (secondary N) is 1. The topological polar surface area (TPSA) is 88.1 Å². The number of carbonyl (C=O) groups is 2. The second-order valence-corrected chi connectivity index (χ2v) is 12.0. The lowest BCUT2D eigenvalue weighted by atomic mass is 9.72. The molecule has 38 heavy (non-hydrogen) atoms. The Hall–Kier alpha value is -2.77. The number of hydrogen-bond donors (Lipinski definition) is 2. The van der Waals surface area contributed by atoms with Gasteiger partial charge in [0, 0.05) is 29.1 Å². The summed E-state index contributed by atoms with van der Waals surface area (Å²) < 4.78 is 11.2. The number of hydrogen-bond acceptors (Lipinski definition) is 5. The fraction of sp³-hybridized carbons (Fsp3) is 0.533. The van der Waals surface area contributed by atoms with Crippen molar-refractivity contribution >= 4 is 23.7 Å². The van der Waals surface area contributed by atoms with Crippen molar-refractivity contribution in [2.45, 2.75) is 85.2 Å². The first-order valence-corrected chi connectivity index (χ1v) is 13.5. The average Bonchev–Trinajstić information content (AvgIpc) is 3.18. The van der Waals surface area contributed by atoms with Crippen molar-refractivity contribution < 1.29 is 24.2 Å². The molecule has 0 aliphatic carbocycles. The van der Waals surface area contributed by atoms with E-state index in [1.165, 1.54) is 4.90 Å². The third kappa shape index (κ3) is 6.26. The zero-order valence-corrected chi connectivity index (χ0v) is 24.4. The molecule has 4 atom stereocenters. The van der Waals surface area contributed by atoms with E-state index >= 15 is 0 Å². The fourth-order valence-electron chi connectivity index (χ4n) is 5.69. The molecule has 1 aliphatic heterocycles. The van der Waals surface area contributed by atoms with Crippen LogP contribution in [0.4, 0.5) is 4.79 Å². The molecule has 2 aromatic carbocycles. The summed E-state index contributed by atoms with van der Waals surface area (Å²) in [4.78, 5) is 28.0. The number of nitrogens with zero attached hydrogens (tertiary/aromatic N) is 1. The smallest absolute Gasteiger partial charge is 0.411 e. The molecule has 2 N–H and O–H groups in total. The van der Waals surface area contributed by atoms with Crippen LogP contribution in [0.3, 0.4) is 0 Å². The molecule has 0 unspecified atom stereocenters. The zero-order valence-electron chi connectivity index (χ0n) is 23.6.